The number of nitrogens with one attached hydrogen (secondary N) is 1. The minimum atomic E-state index is -4.46. The molecule has 2 aromatic carbocycles. The van der Waals surface area contributed by atoms with E-state index in [1.807, 2.05) is 4.72 Å². The number of hydrogen-bond acceptors (Lipinski definition) is 7. The first-order valence-corrected chi connectivity index (χ1v) is 10.2. The summed E-state index contributed by atoms with van der Waals surface area (Å²) in [6.45, 7) is 0. The summed E-state index contributed by atoms with van der Waals surface area (Å²) in [5.41, 5.74) is 9.43. The Labute approximate surface area is 181 Å². The van der Waals surface area contributed by atoms with Gasteiger partial charge in [-0.15, -0.1) is 0 Å². The average Bonchev–Trinajstić information content (AvgIpc) is 2.76. The lowest BCUT2D eigenvalue weighted by Gasteiger charge is -2.13. The fourth-order valence-corrected chi connectivity index (χ4v) is 3.78. The molecule has 3 rings (SSSR count). The molecule has 12 heteroatoms. The van der Waals surface area contributed by atoms with Crippen molar-refractivity contribution in [2.24, 2.45) is 5.73 Å². The summed E-state index contributed by atoms with van der Waals surface area (Å²) in [5, 5.41) is 0. The van der Waals surface area contributed by atoms with Crippen molar-refractivity contribution >= 4 is 27.6 Å². The molecular formula is C20H15F2N5O4S. The quantitative estimate of drug-likeness (QED) is 0.491. The highest BCUT2D eigenvalue weighted by atomic mass is 32.2. The molecule has 0 atom stereocenters. The number of benzene rings is 2. The Morgan fingerprint density at radius 2 is 1.81 bits per heavy atom. The monoisotopic (exact) mass is 459 g/mol. The molecule has 9 nitrogen and oxygen atoms in total. The summed E-state index contributed by atoms with van der Waals surface area (Å²) in [4.78, 5) is 18.4. The van der Waals surface area contributed by atoms with Crippen LogP contribution in [0.3, 0.4) is 0 Å². The first-order chi connectivity index (χ1) is 15.1. The third-order valence-corrected chi connectivity index (χ3v) is 5.46. The van der Waals surface area contributed by atoms with Crippen LogP contribution in [0.2, 0.25) is 0 Å². The molecule has 0 spiro atoms. The van der Waals surface area contributed by atoms with Crippen LogP contribution in [0.1, 0.15) is 21.5 Å². The molecular weight excluding hydrogens is 444 g/mol. The Bertz CT molecular complexity index is 1370. The van der Waals surface area contributed by atoms with E-state index in [0.717, 1.165) is 18.2 Å². The zero-order chi connectivity index (χ0) is 23.5. The molecule has 32 heavy (non-hydrogen) atoms. The van der Waals surface area contributed by atoms with E-state index in [-0.39, 0.29) is 22.8 Å². The van der Waals surface area contributed by atoms with Gasteiger partial charge in [-0.05, 0) is 30.3 Å². The van der Waals surface area contributed by atoms with Crippen LogP contribution in [0.25, 0.3) is 0 Å². The lowest BCUT2D eigenvalue weighted by atomic mass is 10.1. The maximum Gasteiger partial charge on any atom is 0.265 e. The van der Waals surface area contributed by atoms with Crippen LogP contribution in [-0.2, 0) is 10.0 Å². The van der Waals surface area contributed by atoms with Gasteiger partial charge in [0.05, 0.1) is 23.9 Å². The fraction of sp³-hybridized carbons (Fsp3) is 0.0500. The van der Waals surface area contributed by atoms with Crippen LogP contribution in [-0.4, -0.2) is 31.4 Å². The molecule has 0 aliphatic rings. The van der Waals surface area contributed by atoms with Crippen LogP contribution in [0, 0.1) is 23.5 Å². The summed E-state index contributed by atoms with van der Waals surface area (Å²) in [5.74, 6) is 1.51. The minimum Gasteiger partial charge on any atom is -0.495 e. The van der Waals surface area contributed by atoms with E-state index in [0.29, 0.717) is 0 Å². The second-order valence-electron chi connectivity index (χ2n) is 6.20. The number of sulfonamides is 1. The van der Waals surface area contributed by atoms with Gasteiger partial charge >= 0.3 is 0 Å². The van der Waals surface area contributed by atoms with Crippen molar-refractivity contribution in [3.8, 4) is 17.6 Å². The summed E-state index contributed by atoms with van der Waals surface area (Å²) >= 11 is 0. The van der Waals surface area contributed by atoms with E-state index >= 15 is 0 Å². The van der Waals surface area contributed by atoms with Gasteiger partial charge in [-0.1, -0.05) is 11.8 Å². The van der Waals surface area contributed by atoms with Gasteiger partial charge in [0.15, 0.2) is 5.82 Å². The molecule has 0 saturated heterocycles. The van der Waals surface area contributed by atoms with Gasteiger partial charge in [-0.25, -0.2) is 27.2 Å². The van der Waals surface area contributed by atoms with Gasteiger partial charge in [-0.3, -0.25) is 9.52 Å². The van der Waals surface area contributed by atoms with E-state index < -0.39 is 43.7 Å². The van der Waals surface area contributed by atoms with Gasteiger partial charge in [0.1, 0.15) is 16.5 Å². The Morgan fingerprint density at radius 1 is 1.12 bits per heavy atom. The van der Waals surface area contributed by atoms with E-state index in [1.165, 1.54) is 31.6 Å². The van der Waals surface area contributed by atoms with Gasteiger partial charge < -0.3 is 16.2 Å². The van der Waals surface area contributed by atoms with Crippen LogP contribution < -0.4 is 20.9 Å². The molecule has 0 saturated carbocycles. The number of aromatic nitrogens is 2. The lowest BCUT2D eigenvalue weighted by Crippen LogP contribution is -2.18. The maximum absolute atomic E-state index is 14.9. The summed E-state index contributed by atoms with van der Waals surface area (Å²) in [6, 6.07) is 5.22. The Hall–Kier alpha value is -4.24. The second kappa shape index (κ2) is 8.86. The van der Waals surface area contributed by atoms with Crippen molar-refractivity contribution in [2.45, 2.75) is 4.90 Å². The average molecular weight is 459 g/mol. The number of ether oxygens (including phenoxy) is 1. The predicted octanol–water partition coefficient (Wildman–Crippen LogP) is 1.65. The van der Waals surface area contributed by atoms with Gasteiger partial charge in [0, 0.05) is 18.0 Å². The van der Waals surface area contributed by atoms with E-state index in [1.54, 1.807) is 0 Å². The molecule has 0 aliphatic heterocycles. The molecule has 0 fully saturated rings. The van der Waals surface area contributed by atoms with E-state index in [9.17, 15) is 22.0 Å². The Kier molecular flexibility index (Phi) is 6.22. The summed E-state index contributed by atoms with van der Waals surface area (Å²) in [6.07, 6.45) is 2.52. The second-order valence-corrected chi connectivity index (χ2v) is 7.85. The van der Waals surface area contributed by atoms with E-state index in [2.05, 4.69) is 21.8 Å². The smallest absolute Gasteiger partial charge is 0.265 e. The molecule has 0 aliphatic carbocycles. The Balaban J connectivity index is 2.02. The largest absolute Gasteiger partial charge is 0.495 e. The number of halogens is 2. The third kappa shape index (κ3) is 4.73. The first-order valence-electron chi connectivity index (χ1n) is 8.70. The standard InChI is InChI=1S/C20H15F2N5O4S/c1-31-16-7-3-12(19(23)28)8-17(16)32(29,30)27-15-6-5-14(21)13(18(15)22)4-2-11-9-25-20(24)26-10-11/h3,5-10,27H,1H3,(H2,23,28)(H2,24,25,26). The van der Waals surface area contributed by atoms with E-state index in [4.69, 9.17) is 16.2 Å². The van der Waals surface area contributed by atoms with Crippen LogP contribution in [0.5, 0.6) is 5.75 Å². The maximum atomic E-state index is 14.9. The number of amides is 1. The SMILES string of the molecule is COc1ccc(C(N)=O)cc1S(=O)(=O)Nc1ccc(F)c(C#Cc2cnc(N)nc2)c1F. The van der Waals surface area contributed by atoms with Gasteiger partial charge in [0.25, 0.3) is 10.0 Å². The number of hydrogen-bond donors (Lipinski definition) is 3. The molecule has 0 bridgehead atoms. The minimum absolute atomic E-state index is 0.000137. The third-order valence-electron chi connectivity index (χ3n) is 4.08. The zero-order valence-corrected chi connectivity index (χ0v) is 17.2. The number of carbonyl (C=O) groups is 1. The van der Waals surface area contributed by atoms with Crippen molar-refractivity contribution < 1.29 is 26.7 Å². The van der Waals surface area contributed by atoms with Crippen molar-refractivity contribution in [2.75, 3.05) is 17.6 Å². The number of methoxy groups -OCH3 is 1. The summed E-state index contributed by atoms with van der Waals surface area (Å²) < 4.78 is 61.8. The van der Waals surface area contributed by atoms with Gasteiger partial charge in [-0.2, -0.15) is 0 Å². The highest BCUT2D eigenvalue weighted by molar-refractivity contribution is 7.92. The molecule has 164 valence electrons. The highest BCUT2D eigenvalue weighted by Crippen LogP contribution is 2.29. The van der Waals surface area contributed by atoms with Crippen molar-refractivity contribution in [3.63, 3.8) is 0 Å². The molecule has 5 N–H and O–H groups in total. The molecule has 1 amide bonds. The zero-order valence-electron chi connectivity index (χ0n) is 16.4. The number of nitrogens with two attached hydrogens (primary N) is 2. The number of carbonyl (C=O) groups excluding carboxylic acids is 1. The molecule has 0 radical (unpaired) electrons. The molecule has 1 aromatic heterocycles. The van der Waals surface area contributed by atoms with Gasteiger partial charge in [0.2, 0.25) is 11.9 Å². The normalized spacial score (nSPS) is 10.7. The molecule has 0 unspecified atom stereocenters. The Morgan fingerprint density at radius 3 is 2.44 bits per heavy atom. The van der Waals surface area contributed by atoms with Crippen LogP contribution in [0.4, 0.5) is 20.4 Å². The number of anilines is 2. The lowest BCUT2D eigenvalue weighted by molar-refractivity contribution is 0.1000. The van der Waals surface area contributed by atoms with Crippen molar-refractivity contribution in [1.29, 1.82) is 0 Å². The fourth-order valence-electron chi connectivity index (χ4n) is 2.52. The van der Waals surface area contributed by atoms with Crippen molar-refractivity contribution in [3.05, 3.63) is 71.1 Å². The number of primary amides is 1. The number of rotatable bonds is 5. The topological polar surface area (TPSA) is 150 Å². The molecule has 1 heterocycles. The number of nitrogens with zero attached hydrogens (tertiary/aromatic N) is 2. The van der Waals surface area contributed by atoms with Crippen molar-refractivity contribution in [1.82, 2.24) is 9.97 Å². The van der Waals surface area contributed by atoms with Crippen LogP contribution in [0.15, 0.2) is 47.6 Å². The predicted molar refractivity (Wildman–Crippen MR) is 111 cm³/mol. The van der Waals surface area contributed by atoms with Crippen LogP contribution >= 0.6 is 0 Å². The number of nitrogen functional groups attached to an aromatic ring is 1. The highest BCUT2D eigenvalue weighted by Gasteiger charge is 2.24. The molecule has 3 aromatic rings. The summed E-state index contributed by atoms with van der Waals surface area (Å²) in [7, 11) is -3.25. The first kappa shape index (κ1) is 22.4.